The Morgan fingerprint density at radius 2 is 1.47 bits per heavy atom. The van der Waals surface area contributed by atoms with E-state index in [9.17, 15) is 4.79 Å². The first-order chi connectivity index (χ1) is 9.34. The monoisotopic (exact) mass is 249 g/mol. The van der Waals surface area contributed by atoms with E-state index in [4.69, 9.17) is 0 Å². The van der Waals surface area contributed by atoms with E-state index in [0.29, 0.717) is 0 Å². The van der Waals surface area contributed by atoms with Crippen LogP contribution in [0.2, 0.25) is 0 Å². The molecule has 0 saturated carbocycles. The van der Waals surface area contributed by atoms with E-state index in [1.807, 2.05) is 72.8 Å². The summed E-state index contributed by atoms with van der Waals surface area (Å²) in [6.07, 6.45) is 7.03. The van der Waals surface area contributed by atoms with Gasteiger partial charge in [-0.05, 0) is 17.7 Å². The molecule has 0 aliphatic carbocycles. The zero-order chi connectivity index (χ0) is 13.3. The fraction of sp³-hybridized carbons (Fsp3) is 0. The molecule has 0 aliphatic heterocycles. The van der Waals surface area contributed by atoms with Gasteiger partial charge in [0, 0.05) is 11.8 Å². The van der Waals surface area contributed by atoms with E-state index in [-0.39, 0.29) is 5.91 Å². The van der Waals surface area contributed by atoms with Crippen molar-refractivity contribution < 1.29 is 4.79 Å². The van der Waals surface area contributed by atoms with Crippen LogP contribution in [0.25, 0.3) is 6.08 Å². The van der Waals surface area contributed by atoms with Crippen LogP contribution in [-0.2, 0) is 4.79 Å². The maximum Gasteiger partial charge on any atom is 0.248 e. The molecule has 2 aromatic carbocycles. The number of amides is 1. The van der Waals surface area contributed by atoms with Crippen molar-refractivity contribution >= 4 is 17.7 Å². The van der Waals surface area contributed by atoms with Crippen LogP contribution in [0, 0.1) is 0 Å². The van der Waals surface area contributed by atoms with Gasteiger partial charge in [0.05, 0.1) is 0 Å². The lowest BCUT2D eigenvalue weighted by Crippen LogP contribution is -2.07. The third-order valence-electron chi connectivity index (χ3n) is 2.49. The molecule has 0 fully saturated rings. The minimum atomic E-state index is -0.135. The van der Waals surface area contributed by atoms with Gasteiger partial charge in [-0.1, -0.05) is 66.8 Å². The van der Waals surface area contributed by atoms with Crippen molar-refractivity contribution in [3.05, 3.63) is 84.5 Å². The maximum absolute atomic E-state index is 11.6. The molecule has 0 spiro atoms. The molecule has 0 radical (unpaired) electrons. The number of carbonyl (C=O) groups is 1. The number of allylic oxidation sites excluding steroid dienone is 2. The predicted molar refractivity (Wildman–Crippen MR) is 79.7 cm³/mol. The first-order valence-corrected chi connectivity index (χ1v) is 6.10. The van der Waals surface area contributed by atoms with E-state index in [1.165, 1.54) is 6.08 Å². The third kappa shape index (κ3) is 4.64. The zero-order valence-electron chi connectivity index (χ0n) is 10.5. The summed E-state index contributed by atoms with van der Waals surface area (Å²) in [5, 5.41) is 2.78. The second-order valence-corrected chi connectivity index (χ2v) is 3.98. The molecule has 2 aromatic rings. The summed E-state index contributed by atoms with van der Waals surface area (Å²) >= 11 is 0. The van der Waals surface area contributed by atoms with Gasteiger partial charge < -0.3 is 5.32 Å². The van der Waals surface area contributed by atoms with Crippen molar-refractivity contribution in [1.82, 2.24) is 0 Å². The molecule has 2 nitrogen and oxygen atoms in total. The highest BCUT2D eigenvalue weighted by molar-refractivity contribution is 5.99. The van der Waals surface area contributed by atoms with Gasteiger partial charge in [0.15, 0.2) is 0 Å². The Morgan fingerprint density at radius 3 is 2.16 bits per heavy atom. The van der Waals surface area contributed by atoms with E-state index < -0.39 is 0 Å². The summed E-state index contributed by atoms with van der Waals surface area (Å²) in [7, 11) is 0. The van der Waals surface area contributed by atoms with Gasteiger partial charge in [-0.15, -0.1) is 0 Å². The van der Waals surface area contributed by atoms with Crippen LogP contribution in [-0.4, -0.2) is 5.91 Å². The van der Waals surface area contributed by atoms with Crippen LogP contribution in [0.3, 0.4) is 0 Å². The normalized spacial score (nSPS) is 10.9. The minimum Gasteiger partial charge on any atom is -0.323 e. The lowest BCUT2D eigenvalue weighted by Gasteiger charge is -1.99. The number of nitrogens with one attached hydrogen (secondary N) is 1. The molecular weight excluding hydrogens is 234 g/mol. The molecule has 0 aliphatic rings. The van der Waals surface area contributed by atoms with E-state index in [2.05, 4.69) is 5.32 Å². The number of hydrogen-bond acceptors (Lipinski definition) is 1. The number of hydrogen-bond donors (Lipinski definition) is 1. The molecule has 0 unspecified atom stereocenters. The summed E-state index contributed by atoms with van der Waals surface area (Å²) in [5.41, 5.74) is 1.90. The molecule has 1 N–H and O–H groups in total. The van der Waals surface area contributed by atoms with Crippen molar-refractivity contribution in [2.75, 3.05) is 5.32 Å². The number of anilines is 1. The topological polar surface area (TPSA) is 29.1 Å². The summed E-state index contributed by atoms with van der Waals surface area (Å²) < 4.78 is 0. The van der Waals surface area contributed by atoms with Crippen LogP contribution in [0.1, 0.15) is 5.56 Å². The first-order valence-electron chi connectivity index (χ1n) is 6.10. The van der Waals surface area contributed by atoms with E-state index in [0.717, 1.165) is 11.3 Å². The zero-order valence-corrected chi connectivity index (χ0v) is 10.5. The average molecular weight is 249 g/mol. The standard InChI is InChI=1S/C17H15NO/c19-17(18-16-12-5-2-6-13-16)14-8-7-11-15-9-3-1-4-10-15/h1-14H,(H,18,19)/b11-7+,14-8+. The molecule has 0 aromatic heterocycles. The Balaban J connectivity index is 1.86. The highest BCUT2D eigenvalue weighted by Crippen LogP contribution is 2.05. The molecule has 19 heavy (non-hydrogen) atoms. The van der Waals surface area contributed by atoms with Gasteiger partial charge in [-0.2, -0.15) is 0 Å². The smallest absolute Gasteiger partial charge is 0.248 e. The Hall–Kier alpha value is -2.61. The predicted octanol–water partition coefficient (Wildman–Crippen LogP) is 3.89. The van der Waals surface area contributed by atoms with Crippen LogP contribution in [0.5, 0.6) is 0 Å². The van der Waals surface area contributed by atoms with Crippen molar-refractivity contribution in [2.45, 2.75) is 0 Å². The molecule has 0 atom stereocenters. The lowest BCUT2D eigenvalue weighted by atomic mass is 10.2. The van der Waals surface area contributed by atoms with Crippen LogP contribution in [0.15, 0.2) is 78.9 Å². The molecule has 2 rings (SSSR count). The molecule has 2 heteroatoms. The minimum absolute atomic E-state index is 0.135. The summed E-state index contributed by atoms with van der Waals surface area (Å²) in [5.74, 6) is -0.135. The number of carbonyl (C=O) groups excluding carboxylic acids is 1. The van der Waals surface area contributed by atoms with Gasteiger partial charge >= 0.3 is 0 Å². The maximum atomic E-state index is 11.6. The Kier molecular flexibility index (Phi) is 4.71. The van der Waals surface area contributed by atoms with Gasteiger partial charge in [-0.3, -0.25) is 4.79 Å². The Labute approximate surface area is 113 Å². The van der Waals surface area contributed by atoms with Crippen molar-refractivity contribution in [2.24, 2.45) is 0 Å². The van der Waals surface area contributed by atoms with Gasteiger partial charge in [-0.25, -0.2) is 0 Å². The highest BCUT2D eigenvalue weighted by Gasteiger charge is 1.94. The average Bonchev–Trinajstić information content (AvgIpc) is 2.46. The Morgan fingerprint density at radius 1 is 0.842 bits per heavy atom. The second kappa shape index (κ2) is 6.97. The number of rotatable bonds is 4. The second-order valence-electron chi connectivity index (χ2n) is 3.98. The van der Waals surface area contributed by atoms with Gasteiger partial charge in [0.2, 0.25) is 5.91 Å². The van der Waals surface area contributed by atoms with Gasteiger partial charge in [0.1, 0.15) is 0 Å². The summed E-state index contributed by atoms with van der Waals surface area (Å²) in [6, 6.07) is 19.3. The number of benzene rings is 2. The fourth-order valence-corrected chi connectivity index (χ4v) is 1.58. The molecule has 94 valence electrons. The SMILES string of the molecule is O=C(/C=C/C=C/c1ccccc1)Nc1ccccc1. The molecular formula is C17H15NO. The van der Waals surface area contributed by atoms with Gasteiger partial charge in [0.25, 0.3) is 0 Å². The number of para-hydroxylation sites is 1. The molecule has 0 bridgehead atoms. The van der Waals surface area contributed by atoms with Crippen LogP contribution in [0.4, 0.5) is 5.69 Å². The summed E-state index contributed by atoms with van der Waals surface area (Å²) in [6.45, 7) is 0. The van der Waals surface area contributed by atoms with E-state index >= 15 is 0 Å². The first kappa shape index (κ1) is 12.8. The molecule has 0 saturated heterocycles. The highest BCUT2D eigenvalue weighted by atomic mass is 16.1. The third-order valence-corrected chi connectivity index (χ3v) is 2.49. The van der Waals surface area contributed by atoms with Crippen molar-refractivity contribution in [3.8, 4) is 0 Å². The van der Waals surface area contributed by atoms with Crippen LogP contribution >= 0.6 is 0 Å². The lowest BCUT2D eigenvalue weighted by molar-refractivity contribution is -0.111. The summed E-state index contributed by atoms with van der Waals surface area (Å²) in [4.78, 5) is 11.6. The molecule has 1 amide bonds. The van der Waals surface area contributed by atoms with Crippen molar-refractivity contribution in [1.29, 1.82) is 0 Å². The van der Waals surface area contributed by atoms with Crippen molar-refractivity contribution in [3.63, 3.8) is 0 Å². The van der Waals surface area contributed by atoms with E-state index in [1.54, 1.807) is 6.08 Å². The largest absolute Gasteiger partial charge is 0.323 e. The fourth-order valence-electron chi connectivity index (χ4n) is 1.58. The quantitative estimate of drug-likeness (QED) is 0.646. The molecule has 0 heterocycles. The van der Waals surface area contributed by atoms with Crippen LogP contribution < -0.4 is 5.32 Å². The Bertz CT molecular complexity index is 571.